The molecule has 0 spiro atoms. The minimum Gasteiger partial charge on any atom is -0.318 e. The topological polar surface area (TPSA) is 47.2 Å². The molecule has 2 aromatic carbocycles. The fourth-order valence-corrected chi connectivity index (χ4v) is 3.44. The third-order valence-corrected chi connectivity index (χ3v) is 4.94. The lowest BCUT2D eigenvalue weighted by atomic mass is 10.1. The minimum absolute atomic E-state index is 0.0599. The van der Waals surface area contributed by atoms with Gasteiger partial charge in [-0.3, -0.25) is 14.8 Å². The van der Waals surface area contributed by atoms with Crippen molar-refractivity contribution in [2.45, 2.75) is 20.8 Å². The van der Waals surface area contributed by atoms with Crippen LogP contribution in [0.3, 0.4) is 0 Å². The second-order valence-electron chi connectivity index (χ2n) is 6.90. The van der Waals surface area contributed by atoms with Crippen molar-refractivity contribution in [1.29, 1.82) is 0 Å². The molecule has 4 heteroatoms. The zero-order valence-corrected chi connectivity index (χ0v) is 16.2. The Kier molecular flexibility index (Phi) is 4.62. The summed E-state index contributed by atoms with van der Waals surface area (Å²) in [6, 6.07) is 19.8. The van der Waals surface area contributed by atoms with Gasteiger partial charge in [0.15, 0.2) is 5.78 Å². The summed E-state index contributed by atoms with van der Waals surface area (Å²) >= 11 is 0. The van der Waals surface area contributed by atoms with Gasteiger partial charge in [-0.05, 0) is 75.4 Å². The molecule has 0 atom stereocenters. The number of aromatic nitrogens is 2. The maximum absolute atomic E-state index is 11.4. The summed E-state index contributed by atoms with van der Waals surface area (Å²) in [5.74, 6) is 0.0599. The van der Waals surface area contributed by atoms with Crippen LogP contribution in [0.1, 0.15) is 34.2 Å². The molecule has 0 saturated heterocycles. The van der Waals surface area contributed by atoms with E-state index >= 15 is 0 Å². The molecule has 0 amide bonds. The number of hydrogen-bond donors (Lipinski definition) is 0. The Bertz CT molecular complexity index is 1200. The Morgan fingerprint density at radius 1 is 1.04 bits per heavy atom. The highest BCUT2D eigenvalue weighted by Gasteiger charge is 2.10. The first-order valence-corrected chi connectivity index (χ1v) is 9.22. The van der Waals surface area contributed by atoms with Gasteiger partial charge in [0.1, 0.15) is 0 Å². The normalized spacial score (nSPS) is 11.4. The Balaban J connectivity index is 1.67. The summed E-state index contributed by atoms with van der Waals surface area (Å²) in [5, 5.41) is 1.12. The third-order valence-electron chi connectivity index (χ3n) is 4.94. The van der Waals surface area contributed by atoms with Crippen LogP contribution in [0.4, 0.5) is 5.69 Å². The van der Waals surface area contributed by atoms with Crippen LogP contribution in [0.15, 0.2) is 71.9 Å². The first-order chi connectivity index (χ1) is 13.5. The molecule has 0 aliphatic rings. The van der Waals surface area contributed by atoms with E-state index in [1.54, 1.807) is 19.1 Å². The second kappa shape index (κ2) is 7.24. The zero-order chi connectivity index (χ0) is 19.7. The van der Waals surface area contributed by atoms with E-state index in [0.29, 0.717) is 5.56 Å². The standard InChI is InChI=1S/C24H21N3O/c1-16-13-21(15-26-22-8-6-19(7-9-22)18(3)28)17(2)27(16)23-10-11-24-20(14-23)5-4-12-25-24/h4-15H,1-3H3. The molecule has 4 aromatic rings. The number of nitrogens with zero attached hydrogens (tertiary/aromatic N) is 3. The molecular formula is C24H21N3O. The molecule has 0 saturated carbocycles. The smallest absolute Gasteiger partial charge is 0.159 e. The molecule has 2 aromatic heterocycles. The van der Waals surface area contributed by atoms with Crippen LogP contribution in [-0.2, 0) is 0 Å². The van der Waals surface area contributed by atoms with Crippen LogP contribution in [0.5, 0.6) is 0 Å². The van der Waals surface area contributed by atoms with Crippen LogP contribution in [0, 0.1) is 13.8 Å². The van der Waals surface area contributed by atoms with Crippen LogP contribution in [0.2, 0.25) is 0 Å². The fraction of sp³-hybridized carbons (Fsp3) is 0.125. The van der Waals surface area contributed by atoms with Crippen molar-refractivity contribution in [3.63, 3.8) is 0 Å². The van der Waals surface area contributed by atoms with Gasteiger partial charge in [-0.1, -0.05) is 6.07 Å². The summed E-state index contributed by atoms with van der Waals surface area (Å²) in [5.41, 5.74) is 6.97. The first kappa shape index (κ1) is 17.9. The predicted molar refractivity (Wildman–Crippen MR) is 114 cm³/mol. The number of carbonyl (C=O) groups excluding carboxylic acids is 1. The highest BCUT2D eigenvalue weighted by atomic mass is 16.1. The van der Waals surface area contributed by atoms with E-state index in [9.17, 15) is 4.79 Å². The van der Waals surface area contributed by atoms with Gasteiger partial charge < -0.3 is 4.57 Å². The maximum atomic E-state index is 11.4. The lowest BCUT2D eigenvalue weighted by molar-refractivity contribution is 0.101. The van der Waals surface area contributed by atoms with Crippen molar-refractivity contribution >= 4 is 28.6 Å². The highest BCUT2D eigenvalue weighted by molar-refractivity contribution is 5.94. The average Bonchev–Trinajstić information content (AvgIpc) is 2.99. The van der Waals surface area contributed by atoms with Crippen molar-refractivity contribution in [3.05, 3.63) is 89.4 Å². The number of aryl methyl sites for hydroxylation is 1. The lowest BCUT2D eigenvalue weighted by Gasteiger charge is -2.10. The Morgan fingerprint density at radius 3 is 2.57 bits per heavy atom. The molecule has 0 unspecified atom stereocenters. The van der Waals surface area contributed by atoms with E-state index in [0.717, 1.165) is 39.2 Å². The number of Topliss-reactive ketones (excluding diaryl/α,β-unsaturated/α-hetero) is 1. The predicted octanol–water partition coefficient (Wildman–Crippen LogP) is 5.60. The number of benzene rings is 2. The van der Waals surface area contributed by atoms with Crippen molar-refractivity contribution in [2.75, 3.05) is 0 Å². The van der Waals surface area contributed by atoms with Gasteiger partial charge in [0.05, 0.1) is 11.2 Å². The number of rotatable bonds is 4. The van der Waals surface area contributed by atoms with E-state index in [4.69, 9.17) is 0 Å². The lowest BCUT2D eigenvalue weighted by Crippen LogP contribution is -1.99. The molecule has 0 aliphatic carbocycles. The number of carbonyl (C=O) groups is 1. The van der Waals surface area contributed by atoms with Crippen LogP contribution in [0.25, 0.3) is 16.6 Å². The summed E-state index contributed by atoms with van der Waals surface area (Å²) in [6.45, 7) is 5.76. The van der Waals surface area contributed by atoms with E-state index in [1.165, 1.54) is 0 Å². The van der Waals surface area contributed by atoms with E-state index in [1.807, 2.05) is 36.7 Å². The molecule has 4 rings (SSSR count). The van der Waals surface area contributed by atoms with Gasteiger partial charge >= 0.3 is 0 Å². The second-order valence-corrected chi connectivity index (χ2v) is 6.90. The molecule has 0 aliphatic heterocycles. The van der Waals surface area contributed by atoms with Crippen LogP contribution < -0.4 is 0 Å². The number of ketones is 1. The molecule has 2 heterocycles. The van der Waals surface area contributed by atoms with E-state index in [-0.39, 0.29) is 5.78 Å². The van der Waals surface area contributed by atoms with Crippen molar-refractivity contribution < 1.29 is 4.79 Å². The summed E-state index contributed by atoms with van der Waals surface area (Å²) in [7, 11) is 0. The molecule has 28 heavy (non-hydrogen) atoms. The number of aliphatic imine (C=N–C) groups is 1. The minimum atomic E-state index is 0.0599. The average molecular weight is 367 g/mol. The monoisotopic (exact) mass is 367 g/mol. The molecule has 0 radical (unpaired) electrons. The van der Waals surface area contributed by atoms with Gasteiger partial charge in [0.25, 0.3) is 0 Å². The summed E-state index contributed by atoms with van der Waals surface area (Å²) < 4.78 is 2.23. The molecular weight excluding hydrogens is 346 g/mol. The van der Waals surface area contributed by atoms with Gasteiger partial charge in [0, 0.05) is 46.0 Å². The first-order valence-electron chi connectivity index (χ1n) is 9.22. The SMILES string of the molecule is CC(=O)c1ccc(N=Cc2cc(C)n(-c3ccc4ncccc4c3)c2C)cc1. The molecule has 0 bridgehead atoms. The molecule has 0 N–H and O–H groups in total. The quantitative estimate of drug-likeness (QED) is 0.348. The van der Waals surface area contributed by atoms with Gasteiger partial charge in [-0.25, -0.2) is 0 Å². The van der Waals surface area contributed by atoms with Gasteiger partial charge in [-0.15, -0.1) is 0 Å². The number of pyridine rings is 1. The Morgan fingerprint density at radius 2 is 1.82 bits per heavy atom. The van der Waals surface area contributed by atoms with E-state index < -0.39 is 0 Å². The molecule has 138 valence electrons. The van der Waals surface area contributed by atoms with E-state index in [2.05, 4.69) is 52.7 Å². The Hall–Kier alpha value is -3.53. The molecule has 4 nitrogen and oxygen atoms in total. The highest BCUT2D eigenvalue weighted by Crippen LogP contribution is 2.23. The van der Waals surface area contributed by atoms with Crippen molar-refractivity contribution in [3.8, 4) is 5.69 Å². The van der Waals surface area contributed by atoms with Crippen molar-refractivity contribution in [2.24, 2.45) is 4.99 Å². The van der Waals surface area contributed by atoms with Crippen LogP contribution >= 0.6 is 0 Å². The van der Waals surface area contributed by atoms with Crippen LogP contribution in [-0.4, -0.2) is 21.5 Å². The zero-order valence-electron chi connectivity index (χ0n) is 16.2. The number of hydrogen-bond acceptors (Lipinski definition) is 3. The van der Waals surface area contributed by atoms with Gasteiger partial charge in [0.2, 0.25) is 0 Å². The van der Waals surface area contributed by atoms with Gasteiger partial charge in [-0.2, -0.15) is 0 Å². The summed E-state index contributed by atoms with van der Waals surface area (Å²) in [4.78, 5) is 20.4. The number of fused-ring (bicyclic) bond motifs is 1. The summed E-state index contributed by atoms with van der Waals surface area (Å²) in [6.07, 6.45) is 3.69. The molecule has 0 fully saturated rings. The Labute approximate surface area is 164 Å². The van der Waals surface area contributed by atoms with Crippen molar-refractivity contribution in [1.82, 2.24) is 9.55 Å². The maximum Gasteiger partial charge on any atom is 0.159 e. The third kappa shape index (κ3) is 3.37. The largest absolute Gasteiger partial charge is 0.318 e. The fourth-order valence-electron chi connectivity index (χ4n) is 3.44.